The SMILES string of the molecule is COc1ccc(-c2cn3c(CC(=O)Nc4cc(C)ccc4C)csc3n2)cc1OC. The number of thiazole rings is 1. The predicted molar refractivity (Wildman–Crippen MR) is 120 cm³/mol. The number of carbonyl (C=O) groups excluding carboxylic acids is 1. The molecule has 0 bridgehead atoms. The summed E-state index contributed by atoms with van der Waals surface area (Å²) in [6.07, 6.45) is 2.22. The van der Waals surface area contributed by atoms with E-state index >= 15 is 0 Å². The third-order valence-electron chi connectivity index (χ3n) is 4.97. The second-order valence-electron chi connectivity index (χ2n) is 7.12. The molecule has 0 radical (unpaired) electrons. The van der Waals surface area contributed by atoms with Crippen LogP contribution in [0.2, 0.25) is 0 Å². The number of hydrogen-bond acceptors (Lipinski definition) is 5. The van der Waals surface area contributed by atoms with Gasteiger partial charge in [0.1, 0.15) is 0 Å². The lowest BCUT2D eigenvalue weighted by atomic mass is 10.1. The number of anilines is 1. The number of rotatable bonds is 6. The number of ether oxygens (including phenoxy) is 2. The Morgan fingerprint density at radius 1 is 1.10 bits per heavy atom. The number of aryl methyl sites for hydroxylation is 2. The molecule has 2 heterocycles. The summed E-state index contributed by atoms with van der Waals surface area (Å²) < 4.78 is 12.7. The smallest absolute Gasteiger partial charge is 0.230 e. The monoisotopic (exact) mass is 421 g/mol. The number of imidazole rings is 1. The van der Waals surface area contributed by atoms with Crippen LogP contribution >= 0.6 is 11.3 Å². The molecule has 1 amide bonds. The van der Waals surface area contributed by atoms with Crippen molar-refractivity contribution in [2.75, 3.05) is 19.5 Å². The first kappa shape index (κ1) is 20.0. The van der Waals surface area contributed by atoms with Crippen LogP contribution in [-0.4, -0.2) is 29.5 Å². The minimum absolute atomic E-state index is 0.0511. The van der Waals surface area contributed by atoms with E-state index in [2.05, 4.69) is 5.32 Å². The molecule has 30 heavy (non-hydrogen) atoms. The van der Waals surface area contributed by atoms with Crippen LogP contribution in [0.5, 0.6) is 11.5 Å². The molecule has 4 aromatic rings. The fraction of sp³-hybridized carbons (Fsp3) is 0.217. The molecule has 2 aromatic heterocycles. The van der Waals surface area contributed by atoms with Gasteiger partial charge in [0, 0.05) is 28.5 Å². The number of carbonyl (C=O) groups is 1. The highest BCUT2D eigenvalue weighted by molar-refractivity contribution is 7.15. The first-order valence-electron chi connectivity index (χ1n) is 9.53. The van der Waals surface area contributed by atoms with Crippen molar-refractivity contribution in [3.63, 3.8) is 0 Å². The van der Waals surface area contributed by atoms with Gasteiger partial charge < -0.3 is 14.8 Å². The second kappa shape index (κ2) is 8.20. The lowest BCUT2D eigenvalue weighted by molar-refractivity contribution is -0.115. The first-order chi connectivity index (χ1) is 14.5. The van der Waals surface area contributed by atoms with Crippen LogP contribution in [0.4, 0.5) is 5.69 Å². The summed E-state index contributed by atoms with van der Waals surface area (Å²) in [5.74, 6) is 1.27. The van der Waals surface area contributed by atoms with E-state index in [-0.39, 0.29) is 12.3 Å². The number of amides is 1. The first-order valence-corrected chi connectivity index (χ1v) is 10.4. The van der Waals surface area contributed by atoms with Crippen LogP contribution in [-0.2, 0) is 11.2 Å². The highest BCUT2D eigenvalue weighted by Gasteiger charge is 2.15. The average Bonchev–Trinajstić information content (AvgIpc) is 3.32. The molecule has 0 aliphatic carbocycles. The molecule has 154 valence electrons. The van der Waals surface area contributed by atoms with Gasteiger partial charge in [0.15, 0.2) is 16.5 Å². The molecule has 0 aliphatic rings. The number of nitrogens with one attached hydrogen (secondary N) is 1. The summed E-state index contributed by atoms with van der Waals surface area (Å²) >= 11 is 1.52. The summed E-state index contributed by atoms with van der Waals surface area (Å²) in [5, 5.41) is 5.00. The zero-order valence-corrected chi connectivity index (χ0v) is 18.2. The summed E-state index contributed by atoms with van der Waals surface area (Å²) in [4.78, 5) is 18.2. The van der Waals surface area contributed by atoms with Gasteiger partial charge in [-0.15, -0.1) is 11.3 Å². The van der Waals surface area contributed by atoms with Crippen LogP contribution in [0, 0.1) is 13.8 Å². The number of fused-ring (bicyclic) bond motifs is 1. The lowest BCUT2D eigenvalue weighted by Crippen LogP contribution is -2.16. The van der Waals surface area contributed by atoms with Gasteiger partial charge in [0.2, 0.25) is 5.91 Å². The molecule has 0 aliphatic heterocycles. The minimum atomic E-state index is -0.0511. The normalized spacial score (nSPS) is 10.9. The van der Waals surface area contributed by atoms with Crippen LogP contribution < -0.4 is 14.8 Å². The largest absolute Gasteiger partial charge is 0.493 e. The number of benzene rings is 2. The molecule has 4 rings (SSSR count). The van der Waals surface area contributed by atoms with E-state index in [1.54, 1.807) is 14.2 Å². The summed E-state index contributed by atoms with van der Waals surface area (Å²) in [7, 11) is 3.22. The molecule has 7 heteroatoms. The van der Waals surface area contributed by atoms with E-state index in [9.17, 15) is 4.79 Å². The molecule has 1 N–H and O–H groups in total. The minimum Gasteiger partial charge on any atom is -0.493 e. The van der Waals surface area contributed by atoms with Crippen molar-refractivity contribution in [1.29, 1.82) is 0 Å². The maximum atomic E-state index is 12.6. The molecule has 0 atom stereocenters. The molecule has 2 aromatic carbocycles. The predicted octanol–water partition coefficient (Wildman–Crippen LogP) is 4.88. The van der Waals surface area contributed by atoms with E-state index in [0.717, 1.165) is 38.7 Å². The maximum Gasteiger partial charge on any atom is 0.230 e. The lowest BCUT2D eigenvalue weighted by Gasteiger charge is -2.09. The van der Waals surface area contributed by atoms with E-state index < -0.39 is 0 Å². The van der Waals surface area contributed by atoms with Crippen molar-refractivity contribution in [3.8, 4) is 22.8 Å². The van der Waals surface area contributed by atoms with E-state index in [4.69, 9.17) is 14.5 Å². The van der Waals surface area contributed by atoms with Crippen LogP contribution in [0.15, 0.2) is 48.0 Å². The third kappa shape index (κ3) is 3.89. The number of methoxy groups -OCH3 is 2. The Bertz CT molecular complexity index is 1230. The fourth-order valence-corrected chi connectivity index (χ4v) is 4.19. The average molecular weight is 422 g/mol. The molecule has 0 spiro atoms. The van der Waals surface area contributed by atoms with Crippen molar-refractivity contribution in [2.24, 2.45) is 0 Å². The highest BCUT2D eigenvalue weighted by Crippen LogP contribution is 2.33. The van der Waals surface area contributed by atoms with Crippen molar-refractivity contribution in [1.82, 2.24) is 9.38 Å². The van der Waals surface area contributed by atoms with Gasteiger partial charge in [-0.1, -0.05) is 12.1 Å². The van der Waals surface area contributed by atoms with Crippen LogP contribution in [0.3, 0.4) is 0 Å². The Kier molecular flexibility index (Phi) is 5.46. The summed E-state index contributed by atoms with van der Waals surface area (Å²) in [6, 6.07) is 11.7. The van der Waals surface area contributed by atoms with Gasteiger partial charge >= 0.3 is 0 Å². The molecule has 0 fully saturated rings. The molecule has 0 unspecified atom stereocenters. The van der Waals surface area contributed by atoms with Gasteiger partial charge in [-0.05, 0) is 49.2 Å². The van der Waals surface area contributed by atoms with Gasteiger partial charge in [-0.25, -0.2) is 4.98 Å². The van der Waals surface area contributed by atoms with Crippen molar-refractivity contribution in [3.05, 3.63) is 64.8 Å². The second-order valence-corrected chi connectivity index (χ2v) is 7.96. The van der Waals surface area contributed by atoms with Crippen molar-refractivity contribution < 1.29 is 14.3 Å². The van der Waals surface area contributed by atoms with E-state index in [1.165, 1.54) is 11.3 Å². The van der Waals surface area contributed by atoms with Crippen LogP contribution in [0.1, 0.15) is 16.8 Å². The zero-order chi connectivity index (χ0) is 21.3. The Balaban J connectivity index is 1.57. The Morgan fingerprint density at radius 3 is 2.67 bits per heavy atom. The standard InChI is InChI=1S/C23H23N3O3S/c1-14-5-6-15(2)18(9-14)24-22(27)11-17-13-30-23-25-19(12-26(17)23)16-7-8-20(28-3)21(10-16)29-4/h5-10,12-13H,11H2,1-4H3,(H,24,27). The van der Waals surface area contributed by atoms with Crippen molar-refractivity contribution in [2.45, 2.75) is 20.3 Å². The number of aromatic nitrogens is 2. The van der Waals surface area contributed by atoms with Gasteiger partial charge in [0.25, 0.3) is 0 Å². The molecule has 6 nitrogen and oxygen atoms in total. The molecule has 0 saturated heterocycles. The Morgan fingerprint density at radius 2 is 1.90 bits per heavy atom. The number of nitrogens with zero attached hydrogens (tertiary/aromatic N) is 2. The van der Waals surface area contributed by atoms with E-state index in [1.807, 2.05) is 66.2 Å². The number of hydrogen-bond donors (Lipinski definition) is 1. The summed E-state index contributed by atoms with van der Waals surface area (Å²) in [6.45, 7) is 4.00. The highest BCUT2D eigenvalue weighted by atomic mass is 32.1. The summed E-state index contributed by atoms with van der Waals surface area (Å²) in [5.41, 5.74) is 5.65. The zero-order valence-electron chi connectivity index (χ0n) is 17.4. The maximum absolute atomic E-state index is 12.6. The quantitative estimate of drug-likeness (QED) is 0.482. The van der Waals surface area contributed by atoms with Gasteiger partial charge in [-0.2, -0.15) is 0 Å². The van der Waals surface area contributed by atoms with Gasteiger partial charge in [-0.3, -0.25) is 9.20 Å². The molecular weight excluding hydrogens is 398 g/mol. The van der Waals surface area contributed by atoms with Crippen molar-refractivity contribution >= 4 is 27.9 Å². The third-order valence-corrected chi connectivity index (χ3v) is 5.86. The van der Waals surface area contributed by atoms with Gasteiger partial charge in [0.05, 0.1) is 26.3 Å². The Labute approximate surface area is 179 Å². The topological polar surface area (TPSA) is 64.9 Å². The Hall–Kier alpha value is -3.32. The van der Waals surface area contributed by atoms with E-state index in [0.29, 0.717) is 11.5 Å². The molecular formula is C23H23N3O3S. The molecule has 0 saturated carbocycles. The van der Waals surface area contributed by atoms with Crippen LogP contribution in [0.25, 0.3) is 16.2 Å². The fourth-order valence-electron chi connectivity index (χ4n) is 3.32.